The van der Waals surface area contributed by atoms with Crippen LogP contribution in [0, 0.1) is 12.3 Å². The Hall–Kier alpha value is -1.16. The minimum Gasteiger partial charge on any atom is -0.320 e. The van der Waals surface area contributed by atoms with Crippen molar-refractivity contribution in [1.29, 1.82) is 0 Å². The summed E-state index contributed by atoms with van der Waals surface area (Å²) in [6.45, 7) is 1.42. The van der Waals surface area contributed by atoms with Crippen LogP contribution in [0.2, 0.25) is 0 Å². The smallest absolute Gasteiger partial charge is 0.199 e. The van der Waals surface area contributed by atoms with Crippen LogP contribution in [0.4, 0.5) is 0 Å². The predicted octanol–water partition coefficient (Wildman–Crippen LogP) is 0.740. The highest BCUT2D eigenvalue weighted by Gasteiger charge is 2.22. The van der Waals surface area contributed by atoms with E-state index in [2.05, 4.69) is 26.9 Å². The summed E-state index contributed by atoms with van der Waals surface area (Å²) in [7, 11) is 3.92. The summed E-state index contributed by atoms with van der Waals surface area (Å²) in [6, 6.07) is -0.680. The van der Waals surface area contributed by atoms with Gasteiger partial charge in [-0.1, -0.05) is 0 Å². The highest BCUT2D eigenvalue weighted by atomic mass is 79.9. The number of rotatable bonds is 6. The monoisotopic (exact) mass is 312 g/mol. The topological polar surface area (TPSA) is 64.2 Å². The number of carbonyl (C=O) groups excluding carboxylic acids is 1. The van der Waals surface area contributed by atoms with E-state index in [1.807, 2.05) is 19.0 Å². The molecule has 0 saturated heterocycles. The molecule has 0 fully saturated rings. The van der Waals surface area contributed by atoms with Gasteiger partial charge in [-0.3, -0.25) is 9.48 Å². The Morgan fingerprint density at radius 2 is 2.39 bits per heavy atom. The summed E-state index contributed by atoms with van der Waals surface area (Å²) in [6.07, 6.45) is 7.00. The molecule has 0 aliphatic rings. The van der Waals surface area contributed by atoms with Crippen molar-refractivity contribution in [1.82, 2.24) is 14.7 Å². The Kier molecular flexibility index (Phi) is 5.54. The van der Waals surface area contributed by atoms with Gasteiger partial charge in [0, 0.05) is 13.0 Å². The molecule has 2 N–H and O–H groups in total. The number of carbonyl (C=O) groups is 1. The number of ketones is 1. The van der Waals surface area contributed by atoms with Crippen LogP contribution in [0.15, 0.2) is 10.7 Å². The Morgan fingerprint density at radius 3 is 2.94 bits per heavy atom. The number of halogens is 1. The molecule has 0 bridgehead atoms. The van der Waals surface area contributed by atoms with Crippen LogP contribution in [0.1, 0.15) is 16.9 Å². The summed E-state index contributed by atoms with van der Waals surface area (Å²) in [5.74, 6) is 2.22. The van der Waals surface area contributed by atoms with E-state index >= 15 is 0 Å². The van der Waals surface area contributed by atoms with E-state index in [1.165, 1.54) is 0 Å². The minimum atomic E-state index is -0.680. The average molecular weight is 313 g/mol. The Balaban J connectivity index is 2.90. The van der Waals surface area contributed by atoms with E-state index in [-0.39, 0.29) is 12.2 Å². The Labute approximate surface area is 115 Å². The molecule has 1 aromatic rings. The molecule has 6 heteroatoms. The van der Waals surface area contributed by atoms with Crippen LogP contribution in [0.5, 0.6) is 0 Å². The van der Waals surface area contributed by atoms with Crippen LogP contribution in [0.3, 0.4) is 0 Å². The summed E-state index contributed by atoms with van der Waals surface area (Å²) in [5.41, 5.74) is 6.23. The Morgan fingerprint density at radius 1 is 1.72 bits per heavy atom. The molecule has 1 aromatic heterocycles. The molecule has 1 heterocycles. The summed E-state index contributed by atoms with van der Waals surface area (Å²) >= 11 is 3.32. The van der Waals surface area contributed by atoms with Gasteiger partial charge in [0.25, 0.3) is 0 Å². The lowest BCUT2D eigenvalue weighted by molar-refractivity contribution is 0.0950. The van der Waals surface area contributed by atoms with E-state index in [0.717, 1.165) is 6.54 Å². The van der Waals surface area contributed by atoms with Gasteiger partial charge in [0.2, 0.25) is 0 Å². The third kappa shape index (κ3) is 3.67. The molecule has 18 heavy (non-hydrogen) atoms. The molecular weight excluding hydrogens is 296 g/mol. The van der Waals surface area contributed by atoms with E-state index < -0.39 is 6.04 Å². The second-order valence-electron chi connectivity index (χ2n) is 4.25. The van der Waals surface area contributed by atoms with Crippen molar-refractivity contribution < 1.29 is 4.79 Å². The molecular formula is C12H17BrN4O. The lowest BCUT2D eigenvalue weighted by Gasteiger charge is -2.13. The van der Waals surface area contributed by atoms with E-state index in [0.29, 0.717) is 16.7 Å². The minimum absolute atomic E-state index is 0.184. The largest absolute Gasteiger partial charge is 0.320 e. The van der Waals surface area contributed by atoms with Crippen molar-refractivity contribution in [2.24, 2.45) is 5.73 Å². The first kappa shape index (κ1) is 14.9. The maximum Gasteiger partial charge on any atom is 0.199 e. The lowest BCUT2D eigenvalue weighted by Crippen LogP contribution is -2.32. The maximum absolute atomic E-state index is 12.2. The first-order valence-corrected chi connectivity index (χ1v) is 6.36. The molecule has 0 radical (unpaired) electrons. The van der Waals surface area contributed by atoms with E-state index in [1.54, 1.807) is 10.9 Å². The van der Waals surface area contributed by atoms with Crippen LogP contribution in [-0.2, 0) is 6.54 Å². The lowest BCUT2D eigenvalue weighted by atomic mass is 10.1. The molecule has 1 rings (SSSR count). The third-order valence-corrected chi connectivity index (χ3v) is 3.04. The molecule has 0 spiro atoms. The SMILES string of the molecule is C#CCC(N)C(=O)c1c(Br)cnn1CCN(C)C. The van der Waals surface area contributed by atoms with Crippen LogP contribution in [0.25, 0.3) is 0 Å². The van der Waals surface area contributed by atoms with Crippen LogP contribution >= 0.6 is 15.9 Å². The molecule has 98 valence electrons. The van der Waals surface area contributed by atoms with Gasteiger partial charge in [0.05, 0.1) is 23.3 Å². The fourth-order valence-corrected chi connectivity index (χ4v) is 1.96. The number of hydrogen-bond acceptors (Lipinski definition) is 4. The van der Waals surface area contributed by atoms with Gasteiger partial charge < -0.3 is 10.6 Å². The normalized spacial score (nSPS) is 12.4. The number of nitrogens with zero attached hydrogens (tertiary/aromatic N) is 3. The van der Waals surface area contributed by atoms with Gasteiger partial charge in [-0.25, -0.2) is 0 Å². The zero-order valence-electron chi connectivity index (χ0n) is 10.6. The maximum atomic E-state index is 12.2. The number of likely N-dealkylation sites (N-methyl/N-ethyl adjacent to an activating group) is 1. The van der Waals surface area contributed by atoms with E-state index in [9.17, 15) is 4.79 Å². The highest BCUT2D eigenvalue weighted by Crippen LogP contribution is 2.18. The van der Waals surface area contributed by atoms with Crippen molar-refractivity contribution in [2.75, 3.05) is 20.6 Å². The van der Waals surface area contributed by atoms with Crippen molar-refractivity contribution in [3.63, 3.8) is 0 Å². The summed E-state index contributed by atoms with van der Waals surface area (Å²) < 4.78 is 2.31. The zero-order chi connectivity index (χ0) is 13.7. The summed E-state index contributed by atoms with van der Waals surface area (Å²) in [5, 5.41) is 4.17. The third-order valence-electron chi connectivity index (χ3n) is 2.46. The second kappa shape index (κ2) is 6.69. The average Bonchev–Trinajstić information content (AvgIpc) is 2.67. The zero-order valence-corrected chi connectivity index (χ0v) is 12.1. The Bertz CT molecular complexity index is 461. The first-order valence-electron chi connectivity index (χ1n) is 5.56. The van der Waals surface area contributed by atoms with Crippen LogP contribution in [-0.4, -0.2) is 47.1 Å². The van der Waals surface area contributed by atoms with Crippen molar-refractivity contribution >= 4 is 21.7 Å². The van der Waals surface area contributed by atoms with Crippen molar-refractivity contribution in [2.45, 2.75) is 19.0 Å². The van der Waals surface area contributed by atoms with Gasteiger partial charge in [0.1, 0.15) is 5.69 Å². The molecule has 1 unspecified atom stereocenters. The highest BCUT2D eigenvalue weighted by molar-refractivity contribution is 9.10. The number of Topliss-reactive ketones (excluding diaryl/α,β-unsaturated/α-hetero) is 1. The molecule has 0 aromatic carbocycles. The van der Waals surface area contributed by atoms with Gasteiger partial charge in [-0.2, -0.15) is 5.10 Å². The molecule has 1 atom stereocenters. The molecule has 5 nitrogen and oxygen atoms in total. The van der Waals surface area contributed by atoms with Crippen molar-refractivity contribution in [3.8, 4) is 12.3 Å². The number of hydrogen-bond donors (Lipinski definition) is 1. The fraction of sp³-hybridized carbons (Fsp3) is 0.500. The van der Waals surface area contributed by atoms with Gasteiger partial charge in [-0.15, -0.1) is 12.3 Å². The van der Waals surface area contributed by atoms with Gasteiger partial charge in [-0.05, 0) is 30.0 Å². The molecule has 0 aliphatic carbocycles. The number of aromatic nitrogens is 2. The molecule has 0 amide bonds. The van der Waals surface area contributed by atoms with Crippen LogP contribution < -0.4 is 5.73 Å². The fourth-order valence-electron chi connectivity index (χ4n) is 1.47. The first-order chi connectivity index (χ1) is 8.47. The van der Waals surface area contributed by atoms with Gasteiger partial charge in [0.15, 0.2) is 5.78 Å². The predicted molar refractivity (Wildman–Crippen MR) is 74.2 cm³/mol. The number of terminal acetylenes is 1. The molecule has 0 saturated carbocycles. The second-order valence-corrected chi connectivity index (χ2v) is 5.10. The number of nitrogens with two attached hydrogens (primary N) is 1. The molecule has 0 aliphatic heterocycles. The van der Waals surface area contributed by atoms with Gasteiger partial charge >= 0.3 is 0 Å². The quantitative estimate of drug-likeness (QED) is 0.621. The van der Waals surface area contributed by atoms with Crippen molar-refractivity contribution in [3.05, 3.63) is 16.4 Å². The summed E-state index contributed by atoms with van der Waals surface area (Å²) in [4.78, 5) is 14.2. The standard InChI is InChI=1S/C12H17BrN4O/c1-4-5-10(14)12(18)11-9(13)8-15-17(11)7-6-16(2)3/h1,8,10H,5-7,14H2,2-3H3. The van der Waals surface area contributed by atoms with E-state index in [4.69, 9.17) is 12.2 Å².